The first-order valence-electron chi connectivity index (χ1n) is 6.98. The van der Waals surface area contributed by atoms with Gasteiger partial charge in [0.25, 0.3) is 0 Å². The second-order valence-corrected chi connectivity index (χ2v) is 4.78. The molecule has 1 unspecified atom stereocenters. The third-order valence-corrected chi connectivity index (χ3v) is 3.45. The van der Waals surface area contributed by atoms with Crippen molar-refractivity contribution in [2.45, 2.75) is 25.9 Å². The van der Waals surface area contributed by atoms with Crippen LogP contribution in [0.3, 0.4) is 0 Å². The smallest absolute Gasteiger partial charge is 0.161 e. The summed E-state index contributed by atoms with van der Waals surface area (Å²) < 4.78 is 11.2. The molecule has 1 atom stereocenters. The van der Waals surface area contributed by atoms with Gasteiger partial charge in [0.15, 0.2) is 11.5 Å². The lowest BCUT2D eigenvalue weighted by atomic mass is 10.0. The topological polar surface area (TPSA) is 59.2 Å². The van der Waals surface area contributed by atoms with Crippen LogP contribution in [-0.4, -0.2) is 23.2 Å². The minimum absolute atomic E-state index is 0.274. The van der Waals surface area contributed by atoms with Crippen molar-refractivity contribution in [2.24, 2.45) is 0 Å². The van der Waals surface area contributed by atoms with Gasteiger partial charge in [0.1, 0.15) is 19.0 Å². The van der Waals surface area contributed by atoms with Gasteiger partial charge in [0, 0.05) is 18.4 Å². The fraction of sp³-hybridized carbons (Fsp3) is 0.400. The predicted octanol–water partition coefficient (Wildman–Crippen LogP) is 2.42. The zero-order valence-corrected chi connectivity index (χ0v) is 11.6. The number of ether oxygens (including phenoxy) is 2. The Morgan fingerprint density at radius 2 is 2.15 bits per heavy atom. The van der Waals surface area contributed by atoms with E-state index in [4.69, 9.17) is 9.47 Å². The Bertz CT molecular complexity index is 554. The molecular weight excluding hydrogens is 254 g/mol. The summed E-state index contributed by atoms with van der Waals surface area (Å²) in [4.78, 5) is 7.32. The van der Waals surface area contributed by atoms with Crippen LogP contribution in [0.25, 0.3) is 0 Å². The molecule has 1 aliphatic heterocycles. The lowest BCUT2D eigenvalue weighted by molar-refractivity contribution is 0.171. The van der Waals surface area contributed by atoms with Gasteiger partial charge in [-0.05, 0) is 24.1 Å². The largest absolute Gasteiger partial charge is 0.486 e. The Balaban J connectivity index is 1.71. The van der Waals surface area contributed by atoms with Crippen LogP contribution in [0.1, 0.15) is 30.8 Å². The summed E-state index contributed by atoms with van der Waals surface area (Å²) in [5.74, 6) is 2.62. The summed E-state index contributed by atoms with van der Waals surface area (Å²) in [5.41, 5.74) is 1.21. The van der Waals surface area contributed by atoms with Gasteiger partial charge in [-0.15, -0.1) is 0 Å². The molecule has 5 heteroatoms. The van der Waals surface area contributed by atoms with Crippen LogP contribution in [-0.2, 0) is 6.54 Å². The zero-order valence-electron chi connectivity index (χ0n) is 11.6. The summed E-state index contributed by atoms with van der Waals surface area (Å²) in [6.07, 6.45) is 4.60. The van der Waals surface area contributed by atoms with Gasteiger partial charge in [0.2, 0.25) is 0 Å². The van der Waals surface area contributed by atoms with Gasteiger partial charge in [0.05, 0.1) is 6.54 Å². The number of fused-ring (bicyclic) bond motifs is 1. The molecule has 2 N–H and O–H groups in total. The molecule has 0 fully saturated rings. The SMILES string of the molecule is CCC(NCc1ncc[nH]1)c1ccc2c(c1)OCCO2. The van der Waals surface area contributed by atoms with Gasteiger partial charge >= 0.3 is 0 Å². The summed E-state index contributed by atoms with van der Waals surface area (Å²) in [5, 5.41) is 3.50. The first-order chi connectivity index (χ1) is 9.86. The normalized spacial score (nSPS) is 15.1. The Labute approximate surface area is 118 Å². The standard InChI is InChI=1S/C15H19N3O2/c1-2-12(18-10-15-16-5-6-17-15)11-3-4-13-14(9-11)20-8-7-19-13/h3-6,9,12,18H,2,7-8,10H2,1H3,(H,16,17). The maximum absolute atomic E-state index is 5.64. The predicted molar refractivity (Wildman–Crippen MR) is 75.9 cm³/mol. The van der Waals surface area contributed by atoms with E-state index in [1.54, 1.807) is 6.20 Å². The molecule has 2 aromatic rings. The number of H-pyrrole nitrogens is 1. The van der Waals surface area contributed by atoms with Crippen LogP contribution in [0.5, 0.6) is 11.5 Å². The average Bonchev–Trinajstić information content (AvgIpc) is 3.01. The first-order valence-corrected chi connectivity index (χ1v) is 6.98. The molecule has 1 aliphatic rings. The molecule has 1 aromatic carbocycles. The monoisotopic (exact) mass is 273 g/mol. The highest BCUT2D eigenvalue weighted by Gasteiger charge is 2.15. The van der Waals surface area contributed by atoms with E-state index in [1.807, 2.05) is 12.3 Å². The van der Waals surface area contributed by atoms with Gasteiger partial charge in [-0.2, -0.15) is 0 Å². The molecular formula is C15H19N3O2. The van der Waals surface area contributed by atoms with Crippen LogP contribution >= 0.6 is 0 Å². The third-order valence-electron chi connectivity index (χ3n) is 3.45. The van der Waals surface area contributed by atoms with E-state index < -0.39 is 0 Å². The Morgan fingerprint density at radius 1 is 1.30 bits per heavy atom. The quantitative estimate of drug-likeness (QED) is 0.878. The van der Waals surface area contributed by atoms with Crippen LogP contribution in [0.15, 0.2) is 30.6 Å². The van der Waals surface area contributed by atoms with Crippen molar-refractivity contribution >= 4 is 0 Å². The molecule has 0 aliphatic carbocycles. The molecule has 0 amide bonds. The van der Waals surface area contributed by atoms with E-state index in [2.05, 4.69) is 34.3 Å². The van der Waals surface area contributed by atoms with Crippen molar-refractivity contribution in [3.8, 4) is 11.5 Å². The highest BCUT2D eigenvalue weighted by Crippen LogP contribution is 2.33. The van der Waals surface area contributed by atoms with Crippen molar-refractivity contribution < 1.29 is 9.47 Å². The van der Waals surface area contributed by atoms with E-state index in [9.17, 15) is 0 Å². The zero-order chi connectivity index (χ0) is 13.8. The van der Waals surface area contributed by atoms with E-state index >= 15 is 0 Å². The molecule has 0 radical (unpaired) electrons. The fourth-order valence-electron chi connectivity index (χ4n) is 2.39. The molecule has 5 nitrogen and oxygen atoms in total. The number of imidazole rings is 1. The number of nitrogens with zero attached hydrogens (tertiary/aromatic N) is 1. The lowest BCUT2D eigenvalue weighted by Gasteiger charge is -2.22. The minimum atomic E-state index is 0.274. The Morgan fingerprint density at radius 3 is 2.90 bits per heavy atom. The molecule has 0 saturated heterocycles. The molecule has 0 spiro atoms. The molecule has 2 heterocycles. The second kappa shape index (κ2) is 5.96. The molecule has 3 rings (SSSR count). The van der Waals surface area contributed by atoms with Crippen molar-refractivity contribution in [2.75, 3.05) is 13.2 Å². The first kappa shape index (κ1) is 13.0. The van der Waals surface area contributed by atoms with Crippen molar-refractivity contribution in [1.82, 2.24) is 15.3 Å². The van der Waals surface area contributed by atoms with Crippen molar-refractivity contribution in [3.05, 3.63) is 42.0 Å². The molecule has 1 aromatic heterocycles. The van der Waals surface area contributed by atoms with Gasteiger partial charge < -0.3 is 19.8 Å². The van der Waals surface area contributed by atoms with Crippen molar-refractivity contribution in [3.63, 3.8) is 0 Å². The Hall–Kier alpha value is -2.01. The molecule has 0 bridgehead atoms. The molecule has 20 heavy (non-hydrogen) atoms. The average molecular weight is 273 g/mol. The number of hydrogen-bond acceptors (Lipinski definition) is 4. The van der Waals surface area contributed by atoms with Crippen LogP contribution in [0, 0.1) is 0 Å². The Kier molecular flexibility index (Phi) is 3.87. The summed E-state index contributed by atoms with van der Waals surface area (Å²) in [6, 6.07) is 6.42. The fourth-order valence-corrected chi connectivity index (χ4v) is 2.39. The lowest BCUT2D eigenvalue weighted by Crippen LogP contribution is -2.21. The third kappa shape index (κ3) is 2.77. The maximum atomic E-state index is 5.64. The number of nitrogens with one attached hydrogen (secondary N) is 2. The van der Waals surface area contributed by atoms with Crippen LogP contribution < -0.4 is 14.8 Å². The minimum Gasteiger partial charge on any atom is -0.486 e. The number of aromatic amines is 1. The summed E-state index contributed by atoms with van der Waals surface area (Å²) >= 11 is 0. The van der Waals surface area contributed by atoms with Gasteiger partial charge in [-0.1, -0.05) is 13.0 Å². The highest BCUT2D eigenvalue weighted by atomic mass is 16.6. The van der Waals surface area contributed by atoms with E-state index in [-0.39, 0.29) is 6.04 Å². The number of rotatable bonds is 5. The van der Waals surface area contributed by atoms with Gasteiger partial charge in [-0.3, -0.25) is 0 Å². The summed E-state index contributed by atoms with van der Waals surface area (Å²) in [7, 11) is 0. The summed E-state index contributed by atoms with van der Waals surface area (Å²) in [6.45, 7) is 4.13. The van der Waals surface area contributed by atoms with E-state index in [0.29, 0.717) is 13.2 Å². The number of aromatic nitrogens is 2. The van der Waals surface area contributed by atoms with Crippen LogP contribution in [0.4, 0.5) is 0 Å². The number of benzene rings is 1. The van der Waals surface area contributed by atoms with Crippen molar-refractivity contribution in [1.29, 1.82) is 0 Å². The molecule has 0 saturated carbocycles. The van der Waals surface area contributed by atoms with E-state index in [1.165, 1.54) is 5.56 Å². The van der Waals surface area contributed by atoms with E-state index in [0.717, 1.165) is 30.3 Å². The second-order valence-electron chi connectivity index (χ2n) is 4.78. The maximum Gasteiger partial charge on any atom is 0.161 e. The highest BCUT2D eigenvalue weighted by molar-refractivity contribution is 5.44. The molecule has 106 valence electrons. The number of hydrogen-bond donors (Lipinski definition) is 2. The van der Waals surface area contributed by atoms with Gasteiger partial charge in [-0.25, -0.2) is 4.98 Å². The van der Waals surface area contributed by atoms with Crippen LogP contribution in [0.2, 0.25) is 0 Å².